The van der Waals surface area contributed by atoms with E-state index in [1.165, 1.54) is 96.3 Å². The number of ketones is 4. The lowest BCUT2D eigenvalue weighted by Gasteiger charge is -2.15. The van der Waals surface area contributed by atoms with Crippen molar-refractivity contribution in [1.29, 1.82) is 0 Å². The Bertz CT molecular complexity index is 7810. The highest BCUT2D eigenvalue weighted by Crippen LogP contribution is 2.32. The van der Waals surface area contributed by atoms with Crippen molar-refractivity contribution in [3.05, 3.63) is 343 Å². The van der Waals surface area contributed by atoms with Crippen molar-refractivity contribution in [3.63, 3.8) is 0 Å². The molecule has 0 bridgehead atoms. The fourth-order valence-electron chi connectivity index (χ4n) is 17.0. The maximum absolute atomic E-state index is 13.4. The van der Waals surface area contributed by atoms with E-state index >= 15 is 0 Å². The van der Waals surface area contributed by atoms with Crippen LogP contribution in [-0.4, -0.2) is 138 Å². The van der Waals surface area contributed by atoms with Crippen molar-refractivity contribution in [3.8, 4) is 34.5 Å². The number of hydrogen-bond donors (Lipinski definition) is 4. The van der Waals surface area contributed by atoms with Crippen molar-refractivity contribution in [2.24, 2.45) is 0 Å². The topological polar surface area (TPSA) is 416 Å². The highest BCUT2D eigenvalue weighted by atomic mass is 35.5. The molecule has 0 unspecified atom stereocenters. The predicted molar refractivity (Wildman–Crippen MR) is 551 cm³/mol. The lowest BCUT2D eigenvalue weighted by atomic mass is 10.1. The van der Waals surface area contributed by atoms with E-state index in [0.717, 1.165) is 69.6 Å². The molecule has 4 aromatic heterocycles. The summed E-state index contributed by atoms with van der Waals surface area (Å²) in [6.07, 6.45) is 9.38. The molecule has 4 heterocycles. The molecule has 4 N–H and O–H groups in total. The van der Waals surface area contributed by atoms with Gasteiger partial charge in [0.25, 0.3) is 22.2 Å². The number of aromatic nitrogens is 8. The number of anilines is 2. The molecule has 2 saturated carbocycles. The number of halogens is 5. The Balaban J connectivity index is 0.000000161. The molecule has 39 heteroatoms. The van der Waals surface area contributed by atoms with E-state index in [4.69, 9.17) is 86.4 Å². The molecule has 0 radical (unpaired) electrons. The van der Waals surface area contributed by atoms with Crippen LogP contribution in [0.5, 0.6) is 34.5 Å². The van der Waals surface area contributed by atoms with Gasteiger partial charge in [0.15, 0.2) is 23.1 Å². The summed E-state index contributed by atoms with van der Waals surface area (Å²) in [7, 11) is 7.32. The second kappa shape index (κ2) is 49.5. The molecule has 16 rings (SSSR count). The largest absolute Gasteiger partial charge is 0.496 e. The number of rotatable bonds is 35. The number of ether oxygens (including phenoxy) is 6. The first kappa shape index (κ1) is 106. The Hall–Kier alpha value is -15.2. The number of Topliss-reactive ketones (excluding diaryl/α,β-unsaturated/α-hetero) is 4. The molecule has 0 saturated heterocycles. The number of para-hydroxylation sites is 7. The number of amides is 4. The third kappa shape index (κ3) is 25.6. The number of hydrogen-bond acceptors (Lipinski definition) is 22. The van der Waals surface area contributed by atoms with Gasteiger partial charge in [0, 0.05) is 64.8 Å². The fourth-order valence-corrected chi connectivity index (χ4v) is 18.0. The lowest BCUT2D eigenvalue weighted by molar-refractivity contribution is -0.122. The van der Waals surface area contributed by atoms with E-state index in [1.807, 2.05) is 6.92 Å². The third-order valence-corrected chi connectivity index (χ3v) is 25.5. The smallest absolute Gasteiger partial charge is 0.332 e. The molecule has 0 atom stereocenters. The van der Waals surface area contributed by atoms with E-state index < -0.39 is 75.7 Å². The fraction of sp³-hybridized carbons (Fsp3) is 0.276. The molecule has 10 aromatic carbocycles. The number of fused-ring (bicyclic) bond motifs is 4. The minimum absolute atomic E-state index is 0.0424. The summed E-state index contributed by atoms with van der Waals surface area (Å²) in [4.78, 5) is 209. The van der Waals surface area contributed by atoms with Crippen LogP contribution in [-0.2, 0) is 71.5 Å². The summed E-state index contributed by atoms with van der Waals surface area (Å²) in [5.74, 6) is -0.344. The molecular formula is C105H101Cl5N12O22. The Morgan fingerprint density at radius 3 is 1.00 bits per heavy atom. The molecular weight excluding hydrogens is 1960 g/mol. The summed E-state index contributed by atoms with van der Waals surface area (Å²) in [5, 5.41) is 13.7. The van der Waals surface area contributed by atoms with Gasteiger partial charge >= 0.3 is 22.8 Å². The van der Waals surface area contributed by atoms with E-state index in [-0.39, 0.29) is 141 Å². The molecule has 34 nitrogen and oxygen atoms in total. The third-order valence-electron chi connectivity index (χ3n) is 24.1. The van der Waals surface area contributed by atoms with Gasteiger partial charge in [-0.2, -0.15) is 0 Å². The van der Waals surface area contributed by atoms with Gasteiger partial charge in [-0.1, -0.05) is 144 Å². The zero-order chi connectivity index (χ0) is 103. The van der Waals surface area contributed by atoms with Gasteiger partial charge in [-0.15, -0.1) is 0 Å². The second-order valence-electron chi connectivity index (χ2n) is 33.5. The quantitative estimate of drug-likeness (QED) is 0.0268. The normalized spacial score (nSPS) is 12.2. The van der Waals surface area contributed by atoms with Crippen molar-refractivity contribution < 1.29 is 66.8 Å². The van der Waals surface area contributed by atoms with E-state index in [2.05, 4.69) is 21.3 Å². The Labute approximate surface area is 847 Å². The Morgan fingerprint density at radius 2 is 0.632 bits per heavy atom. The van der Waals surface area contributed by atoms with Crippen LogP contribution >= 0.6 is 58.0 Å². The van der Waals surface area contributed by atoms with Gasteiger partial charge in [0.2, 0.25) is 23.6 Å². The number of nitrogens with one attached hydrogen (secondary N) is 4. The number of carbonyl (C=O) groups excluding carboxylic acids is 8. The van der Waals surface area contributed by atoms with Crippen LogP contribution in [0.2, 0.25) is 25.1 Å². The molecule has 2 aliphatic carbocycles. The van der Waals surface area contributed by atoms with Gasteiger partial charge in [-0.25, -0.2) is 19.2 Å². The second-order valence-corrected chi connectivity index (χ2v) is 35.6. The van der Waals surface area contributed by atoms with E-state index in [1.54, 1.807) is 170 Å². The monoisotopic (exact) mass is 2060 g/mol. The summed E-state index contributed by atoms with van der Waals surface area (Å²) in [6, 6.07) is 56.6. The summed E-state index contributed by atoms with van der Waals surface area (Å²) < 4.78 is 40.0. The first-order chi connectivity index (χ1) is 69.3. The number of methoxy groups -OCH3 is 5. The van der Waals surface area contributed by atoms with Crippen LogP contribution in [0.4, 0.5) is 11.4 Å². The minimum atomic E-state index is -0.790. The molecule has 0 spiro atoms. The SMILES string of the molecule is CCOc1ccc(C(=O)Cn2c(=O)n(CCCC(=O)NC3CCCC3)c(=O)c3cc(Cl)ccc32)cc1Cl.COc1ccc(C(=O)Cn2c(=O)n(CC(=O)Nc3ccccc3OC)c(=O)c3ccccc32)cc1Cl.COc1ccc(C(=O)Cn2c(=O)n(CCCC(=O)NC3CCCC3)c(=O)c3cc(Cl)ccc32)cc1Cl.COc1ccccc1NC(=O)Cn1c(=O)c2ccccc2n(CC(=O)c2ccccc2OC)c1=O. The molecule has 4 amide bonds. The molecule has 0 aliphatic heterocycles. The molecule has 748 valence electrons. The molecule has 144 heavy (non-hydrogen) atoms. The Morgan fingerprint density at radius 1 is 0.312 bits per heavy atom. The van der Waals surface area contributed by atoms with Crippen LogP contribution < -0.4 is 94.7 Å². The standard InChI is InChI=1S/C27H29Cl2N3O5.C26H27Cl2N3O5.C26H22ClN3O6.C26H23N3O6/c1-2-37-24-12-9-17(14-21(24)29)23(33)16-32-22-11-10-18(28)15-20(22)26(35)31(27(32)36)13-5-8-25(34)30-19-6-3-4-7-19;1-36-23-11-8-16(13-20(23)28)22(32)15-31-21-10-9-17(27)14-19(21)25(34)30(26(31)35)12-4-7-24(33)29-18-5-2-3-6-18;1-35-22-12-11-16(13-18(22)27)21(31)14-29-20-9-5-3-7-17(20)25(33)30(26(29)34)15-24(32)28-19-8-4-6-10-23(19)36-2;1-34-22-13-7-4-10-18(22)21(30)15-28-20-12-6-3-9-17(20)25(32)29(26(28)33)16-24(31)27-19-11-5-8-14-23(19)35-2/h9-12,14-15,19H,2-8,13,16H2,1H3,(H,30,34);8-11,13-14,18H,2-7,12,15H2,1H3,(H,29,33);3-13H,14-15H2,1-2H3,(H,28,32);3-14H,15-16H2,1-2H3,(H,27,31). The highest BCUT2D eigenvalue weighted by Gasteiger charge is 2.28. The number of carbonyl (C=O) groups is 8. The maximum atomic E-state index is 13.4. The van der Waals surface area contributed by atoms with E-state index in [0.29, 0.717) is 109 Å². The van der Waals surface area contributed by atoms with Crippen molar-refractivity contribution in [2.75, 3.05) is 52.8 Å². The van der Waals surface area contributed by atoms with Crippen molar-refractivity contribution in [1.82, 2.24) is 47.2 Å². The summed E-state index contributed by atoms with van der Waals surface area (Å²) in [6.45, 7) is -0.0538. The van der Waals surface area contributed by atoms with Crippen molar-refractivity contribution >= 4 is 160 Å². The predicted octanol–water partition coefficient (Wildman–Crippen LogP) is 14.8. The van der Waals surface area contributed by atoms with Crippen LogP contribution in [0.25, 0.3) is 43.6 Å². The van der Waals surface area contributed by atoms with Crippen LogP contribution in [0.3, 0.4) is 0 Å². The first-order valence-electron chi connectivity index (χ1n) is 45.9. The number of benzene rings is 10. The zero-order valence-electron chi connectivity index (χ0n) is 79.2. The van der Waals surface area contributed by atoms with Gasteiger partial charge in [0.1, 0.15) is 47.6 Å². The number of nitrogens with zero attached hydrogens (tertiary/aromatic N) is 8. The molecule has 2 fully saturated rings. The molecule has 2 aliphatic rings. The first-order valence-corrected chi connectivity index (χ1v) is 47.8. The average molecular weight is 2060 g/mol. The van der Waals surface area contributed by atoms with Crippen molar-refractivity contribution in [2.45, 2.75) is 148 Å². The van der Waals surface area contributed by atoms with Gasteiger partial charge in [0.05, 0.1) is 144 Å². The van der Waals surface area contributed by atoms with Crippen LogP contribution in [0.15, 0.2) is 251 Å². The van der Waals surface area contributed by atoms with E-state index in [9.17, 15) is 76.7 Å². The van der Waals surface area contributed by atoms with Gasteiger partial charge < -0.3 is 49.7 Å². The minimum Gasteiger partial charge on any atom is -0.496 e. The highest BCUT2D eigenvalue weighted by molar-refractivity contribution is 6.34. The summed E-state index contributed by atoms with van der Waals surface area (Å²) in [5.41, 5.74) is -1.92. The lowest BCUT2D eigenvalue weighted by Crippen LogP contribution is -2.43. The van der Waals surface area contributed by atoms with Gasteiger partial charge in [-0.3, -0.25) is 94.1 Å². The van der Waals surface area contributed by atoms with Crippen LogP contribution in [0, 0.1) is 0 Å². The van der Waals surface area contributed by atoms with Gasteiger partial charge in [-0.05, 0) is 197 Å². The summed E-state index contributed by atoms with van der Waals surface area (Å²) >= 11 is 30.8. The average Bonchev–Trinajstić information content (AvgIpc) is 0.852. The zero-order valence-corrected chi connectivity index (χ0v) is 82.9. The molecule has 14 aromatic rings. The van der Waals surface area contributed by atoms with Crippen LogP contribution in [0.1, 0.15) is 125 Å². The maximum Gasteiger partial charge on any atom is 0.332 e. The Kier molecular flexibility index (Phi) is 36.4.